The smallest absolute Gasteiger partial charge is 0.153 e. The van der Waals surface area contributed by atoms with Crippen LogP contribution in [0.1, 0.15) is 43.8 Å². The summed E-state index contributed by atoms with van der Waals surface area (Å²) >= 11 is 0. The molecule has 2 N–H and O–H groups in total. The molecule has 1 aromatic rings. The van der Waals surface area contributed by atoms with Gasteiger partial charge in [-0.25, -0.2) is 4.98 Å². The minimum absolute atomic E-state index is 0.600. The van der Waals surface area contributed by atoms with Crippen LogP contribution in [0.15, 0.2) is 6.33 Å². The molecule has 14 heavy (non-hydrogen) atoms. The van der Waals surface area contributed by atoms with Crippen LogP contribution in [-0.4, -0.2) is 21.3 Å². The van der Waals surface area contributed by atoms with Crippen molar-refractivity contribution < 1.29 is 0 Å². The molecule has 0 aliphatic heterocycles. The highest BCUT2D eigenvalue weighted by Gasteiger charge is 2.18. The van der Waals surface area contributed by atoms with Crippen LogP contribution in [-0.2, 0) is 6.54 Å². The van der Waals surface area contributed by atoms with Crippen molar-refractivity contribution in [3.63, 3.8) is 0 Å². The molecule has 0 aromatic carbocycles. The molecule has 1 aromatic heterocycles. The van der Waals surface area contributed by atoms with Gasteiger partial charge in [-0.2, -0.15) is 5.10 Å². The fourth-order valence-corrected chi connectivity index (χ4v) is 2.10. The molecule has 1 aliphatic rings. The second-order valence-corrected chi connectivity index (χ2v) is 3.99. The van der Waals surface area contributed by atoms with Gasteiger partial charge in [-0.3, -0.25) is 4.68 Å². The highest BCUT2D eigenvalue weighted by atomic mass is 15.3. The van der Waals surface area contributed by atoms with E-state index in [9.17, 15) is 0 Å². The number of aromatic nitrogens is 3. The Kier molecular flexibility index (Phi) is 3.14. The third kappa shape index (κ3) is 2.12. The van der Waals surface area contributed by atoms with Gasteiger partial charge < -0.3 is 5.73 Å². The second-order valence-electron chi connectivity index (χ2n) is 3.99. The van der Waals surface area contributed by atoms with Gasteiger partial charge in [0, 0.05) is 12.5 Å². The van der Waals surface area contributed by atoms with E-state index in [1.807, 2.05) is 4.68 Å². The average Bonchev–Trinajstić information content (AvgIpc) is 2.68. The van der Waals surface area contributed by atoms with Crippen molar-refractivity contribution in [3.8, 4) is 0 Å². The molecular weight excluding hydrogens is 176 g/mol. The minimum atomic E-state index is 0.600. The summed E-state index contributed by atoms with van der Waals surface area (Å²) in [6.45, 7) is 1.41. The fraction of sp³-hybridized carbons (Fsp3) is 0.800. The van der Waals surface area contributed by atoms with E-state index in [1.165, 1.54) is 32.1 Å². The summed E-state index contributed by atoms with van der Waals surface area (Å²) in [4.78, 5) is 4.35. The van der Waals surface area contributed by atoms with Gasteiger partial charge in [0.25, 0.3) is 0 Å². The van der Waals surface area contributed by atoms with Crippen molar-refractivity contribution in [2.45, 2.75) is 44.6 Å². The minimum Gasteiger partial charge on any atom is -0.329 e. The third-order valence-corrected chi connectivity index (χ3v) is 2.88. The maximum Gasteiger partial charge on any atom is 0.153 e. The molecule has 0 saturated heterocycles. The van der Waals surface area contributed by atoms with Crippen molar-refractivity contribution in [3.05, 3.63) is 12.2 Å². The van der Waals surface area contributed by atoms with Crippen molar-refractivity contribution >= 4 is 0 Å². The second kappa shape index (κ2) is 4.55. The first kappa shape index (κ1) is 9.65. The Morgan fingerprint density at radius 3 is 2.86 bits per heavy atom. The lowest BCUT2D eigenvalue weighted by atomic mass is 9.89. The van der Waals surface area contributed by atoms with Crippen molar-refractivity contribution in [2.75, 3.05) is 6.54 Å². The summed E-state index contributed by atoms with van der Waals surface area (Å²) in [5.41, 5.74) is 5.46. The Bertz CT molecular complexity index is 275. The topological polar surface area (TPSA) is 56.7 Å². The van der Waals surface area contributed by atoms with E-state index in [2.05, 4.69) is 10.1 Å². The summed E-state index contributed by atoms with van der Waals surface area (Å²) in [7, 11) is 0. The molecule has 0 amide bonds. The third-order valence-electron chi connectivity index (χ3n) is 2.88. The SMILES string of the molecule is NCCn1cnc(C2CCCCC2)n1. The summed E-state index contributed by atoms with van der Waals surface area (Å²) < 4.78 is 1.85. The zero-order valence-electron chi connectivity index (χ0n) is 8.52. The standard InChI is InChI=1S/C10H18N4/c11-6-7-14-8-12-10(13-14)9-4-2-1-3-5-9/h8-9H,1-7,11H2. The van der Waals surface area contributed by atoms with Crippen molar-refractivity contribution in [1.82, 2.24) is 14.8 Å². The van der Waals surface area contributed by atoms with Crippen molar-refractivity contribution in [2.24, 2.45) is 5.73 Å². The number of nitrogens with zero attached hydrogens (tertiary/aromatic N) is 3. The maximum absolute atomic E-state index is 5.46. The predicted molar refractivity (Wildman–Crippen MR) is 54.9 cm³/mol. The molecule has 4 heteroatoms. The highest BCUT2D eigenvalue weighted by molar-refractivity contribution is 4.95. The lowest BCUT2D eigenvalue weighted by Gasteiger charge is -2.18. The normalized spacial score (nSPS) is 18.6. The Balaban J connectivity index is 2.00. The van der Waals surface area contributed by atoms with Gasteiger partial charge in [-0.05, 0) is 12.8 Å². The van der Waals surface area contributed by atoms with Crippen LogP contribution < -0.4 is 5.73 Å². The number of hydrogen-bond acceptors (Lipinski definition) is 3. The zero-order chi connectivity index (χ0) is 9.80. The van der Waals surface area contributed by atoms with Crippen LogP contribution in [0.4, 0.5) is 0 Å². The van der Waals surface area contributed by atoms with Gasteiger partial charge in [-0.15, -0.1) is 0 Å². The lowest BCUT2D eigenvalue weighted by Crippen LogP contribution is -2.11. The summed E-state index contributed by atoms with van der Waals surface area (Å²) in [6, 6.07) is 0. The molecule has 1 saturated carbocycles. The first-order chi connectivity index (χ1) is 6.90. The van der Waals surface area contributed by atoms with Gasteiger partial charge in [0.1, 0.15) is 6.33 Å². The van der Waals surface area contributed by atoms with Crippen molar-refractivity contribution in [1.29, 1.82) is 0 Å². The molecule has 4 nitrogen and oxygen atoms in total. The van der Waals surface area contributed by atoms with Gasteiger partial charge in [0.05, 0.1) is 6.54 Å². The predicted octanol–water partition coefficient (Wildman–Crippen LogP) is 1.28. The van der Waals surface area contributed by atoms with E-state index in [0.717, 1.165) is 12.4 Å². The lowest BCUT2D eigenvalue weighted by molar-refractivity contribution is 0.426. The number of rotatable bonds is 3. The van der Waals surface area contributed by atoms with Gasteiger partial charge >= 0.3 is 0 Å². The molecule has 0 unspecified atom stereocenters. The molecular formula is C10H18N4. The van der Waals surface area contributed by atoms with E-state index < -0.39 is 0 Å². The van der Waals surface area contributed by atoms with Crippen LogP contribution >= 0.6 is 0 Å². The first-order valence-electron chi connectivity index (χ1n) is 5.49. The van der Waals surface area contributed by atoms with Crippen LogP contribution in [0.3, 0.4) is 0 Å². The average molecular weight is 194 g/mol. The number of hydrogen-bond donors (Lipinski definition) is 1. The first-order valence-corrected chi connectivity index (χ1v) is 5.49. The molecule has 2 rings (SSSR count). The van der Waals surface area contributed by atoms with Gasteiger partial charge in [-0.1, -0.05) is 19.3 Å². The Morgan fingerprint density at radius 2 is 2.14 bits per heavy atom. The molecule has 0 bridgehead atoms. The van der Waals surface area contributed by atoms with E-state index >= 15 is 0 Å². The Labute approximate surface area is 84.5 Å². The zero-order valence-corrected chi connectivity index (χ0v) is 8.52. The summed E-state index contributed by atoms with van der Waals surface area (Å²) in [5, 5.41) is 4.45. The Morgan fingerprint density at radius 1 is 1.36 bits per heavy atom. The summed E-state index contributed by atoms with van der Waals surface area (Å²) in [6.07, 6.45) is 8.35. The molecule has 78 valence electrons. The fourth-order valence-electron chi connectivity index (χ4n) is 2.10. The quantitative estimate of drug-likeness (QED) is 0.788. The molecule has 1 aliphatic carbocycles. The van der Waals surface area contributed by atoms with E-state index in [-0.39, 0.29) is 0 Å². The van der Waals surface area contributed by atoms with Gasteiger partial charge in [0.15, 0.2) is 5.82 Å². The van der Waals surface area contributed by atoms with E-state index in [1.54, 1.807) is 6.33 Å². The molecule has 1 heterocycles. The highest BCUT2D eigenvalue weighted by Crippen LogP contribution is 2.30. The van der Waals surface area contributed by atoms with Crippen LogP contribution in [0, 0.1) is 0 Å². The molecule has 1 fully saturated rings. The molecule has 0 radical (unpaired) electrons. The largest absolute Gasteiger partial charge is 0.329 e. The molecule has 0 spiro atoms. The summed E-state index contributed by atoms with van der Waals surface area (Å²) in [5.74, 6) is 1.63. The number of nitrogens with two attached hydrogens (primary N) is 1. The van der Waals surface area contributed by atoms with E-state index in [4.69, 9.17) is 5.73 Å². The van der Waals surface area contributed by atoms with Crippen LogP contribution in [0.5, 0.6) is 0 Å². The van der Waals surface area contributed by atoms with Gasteiger partial charge in [0.2, 0.25) is 0 Å². The van der Waals surface area contributed by atoms with Crippen LogP contribution in [0.25, 0.3) is 0 Å². The van der Waals surface area contributed by atoms with Crippen LogP contribution in [0.2, 0.25) is 0 Å². The monoisotopic (exact) mass is 194 g/mol. The van der Waals surface area contributed by atoms with E-state index in [0.29, 0.717) is 12.5 Å². The molecule has 0 atom stereocenters. The maximum atomic E-state index is 5.46. The Hall–Kier alpha value is -0.900.